The summed E-state index contributed by atoms with van der Waals surface area (Å²) in [7, 11) is 0. The van der Waals surface area contributed by atoms with Crippen molar-refractivity contribution in [3.05, 3.63) is 126 Å². The van der Waals surface area contributed by atoms with Crippen LogP contribution in [-0.4, -0.2) is 17.3 Å². The lowest BCUT2D eigenvalue weighted by molar-refractivity contribution is -0.124. The summed E-state index contributed by atoms with van der Waals surface area (Å²) in [5, 5.41) is 8.91. The van der Waals surface area contributed by atoms with E-state index in [9.17, 15) is 14.4 Å². The van der Waals surface area contributed by atoms with Crippen LogP contribution >= 0.6 is 0 Å². The Hall–Kier alpha value is -4.71. The Balaban J connectivity index is 1.68. The maximum atomic E-state index is 13.1. The molecular formula is C27H21N3O3. The van der Waals surface area contributed by atoms with Crippen LogP contribution < -0.4 is 16.0 Å². The lowest BCUT2D eigenvalue weighted by Gasteiger charge is -2.18. The minimum absolute atomic E-state index is 0.124. The molecule has 0 aliphatic heterocycles. The monoisotopic (exact) mass is 435 g/mol. The average Bonchev–Trinajstić information content (AvgIpc) is 2.86. The number of hydrogen-bond donors (Lipinski definition) is 3. The number of para-hydroxylation sites is 3. The van der Waals surface area contributed by atoms with Crippen LogP contribution in [0.3, 0.4) is 0 Å². The Labute approximate surface area is 191 Å². The highest BCUT2D eigenvalue weighted by atomic mass is 16.2. The van der Waals surface area contributed by atoms with Crippen LogP contribution in [0, 0.1) is 0 Å². The van der Waals surface area contributed by atoms with Crippen molar-refractivity contribution in [2.24, 2.45) is 0 Å². The van der Waals surface area contributed by atoms with Crippen LogP contribution in [0.4, 0.5) is 17.1 Å². The maximum absolute atomic E-state index is 13.1. The van der Waals surface area contributed by atoms with Crippen LogP contribution in [0.25, 0.3) is 0 Å². The average molecular weight is 435 g/mol. The van der Waals surface area contributed by atoms with Gasteiger partial charge in [0.1, 0.15) is 0 Å². The molecule has 0 spiro atoms. The first-order chi connectivity index (χ1) is 16.1. The van der Waals surface area contributed by atoms with Gasteiger partial charge in [-0.05, 0) is 36.4 Å². The highest BCUT2D eigenvalue weighted by molar-refractivity contribution is 6.51. The molecule has 4 rings (SSSR count). The van der Waals surface area contributed by atoms with Crippen molar-refractivity contribution in [1.29, 1.82) is 0 Å². The second kappa shape index (κ2) is 10.1. The maximum Gasteiger partial charge on any atom is 0.203 e. The number of Topliss-reactive ketones (excluding diaryl/α,β-unsaturated/α-hetero) is 3. The van der Waals surface area contributed by atoms with Gasteiger partial charge < -0.3 is 16.0 Å². The molecule has 0 bridgehead atoms. The molecule has 0 radical (unpaired) electrons. The van der Waals surface area contributed by atoms with Crippen molar-refractivity contribution in [2.45, 2.75) is 0 Å². The van der Waals surface area contributed by atoms with Gasteiger partial charge in [0.25, 0.3) is 0 Å². The van der Waals surface area contributed by atoms with Crippen LogP contribution in [0.15, 0.2) is 126 Å². The molecule has 162 valence electrons. The molecule has 0 saturated heterocycles. The SMILES string of the molecule is O=C1C(=CNc2ccccc2)C(=O)C(=CNc2ccccc2)C(=O)C1=CNc1ccccc1. The number of carbonyl (C=O) groups excluding carboxylic acids is 3. The normalized spacial score (nSPS) is 13.5. The predicted octanol–water partition coefficient (Wildman–Crippen LogP) is 4.70. The van der Waals surface area contributed by atoms with Crippen LogP contribution in [0.2, 0.25) is 0 Å². The van der Waals surface area contributed by atoms with E-state index in [1.165, 1.54) is 18.6 Å². The van der Waals surface area contributed by atoms with Gasteiger partial charge in [-0.1, -0.05) is 54.6 Å². The summed E-state index contributed by atoms with van der Waals surface area (Å²) in [6.45, 7) is 0. The van der Waals surface area contributed by atoms with Crippen molar-refractivity contribution in [1.82, 2.24) is 0 Å². The Morgan fingerprint density at radius 3 is 0.879 bits per heavy atom. The summed E-state index contributed by atoms with van der Waals surface area (Å²) in [4.78, 5) is 39.3. The summed E-state index contributed by atoms with van der Waals surface area (Å²) >= 11 is 0. The number of rotatable bonds is 6. The third kappa shape index (κ3) is 5.14. The summed E-state index contributed by atoms with van der Waals surface area (Å²) in [5.74, 6) is -1.93. The quantitative estimate of drug-likeness (QED) is 0.384. The van der Waals surface area contributed by atoms with Crippen molar-refractivity contribution in [3.8, 4) is 0 Å². The van der Waals surface area contributed by atoms with Crippen molar-refractivity contribution >= 4 is 34.4 Å². The molecule has 1 fully saturated rings. The van der Waals surface area contributed by atoms with Gasteiger partial charge in [-0.15, -0.1) is 0 Å². The molecule has 0 heterocycles. The molecule has 0 unspecified atom stereocenters. The van der Waals surface area contributed by atoms with Gasteiger partial charge in [-0.2, -0.15) is 0 Å². The van der Waals surface area contributed by atoms with Gasteiger partial charge in [-0.3, -0.25) is 14.4 Å². The second-order valence-corrected chi connectivity index (χ2v) is 7.19. The molecule has 3 aromatic rings. The van der Waals surface area contributed by atoms with Crippen molar-refractivity contribution in [3.63, 3.8) is 0 Å². The fourth-order valence-corrected chi connectivity index (χ4v) is 3.21. The fraction of sp³-hybridized carbons (Fsp3) is 0. The molecule has 6 nitrogen and oxygen atoms in total. The van der Waals surface area contributed by atoms with E-state index < -0.39 is 17.3 Å². The van der Waals surface area contributed by atoms with E-state index in [2.05, 4.69) is 16.0 Å². The number of allylic oxidation sites excluding steroid dienone is 3. The molecule has 6 heteroatoms. The lowest BCUT2D eigenvalue weighted by Crippen LogP contribution is -2.33. The number of anilines is 3. The van der Waals surface area contributed by atoms with Crippen molar-refractivity contribution in [2.75, 3.05) is 16.0 Å². The molecule has 3 aromatic carbocycles. The molecule has 1 aliphatic rings. The van der Waals surface area contributed by atoms with Crippen molar-refractivity contribution < 1.29 is 14.4 Å². The molecule has 1 saturated carbocycles. The molecule has 33 heavy (non-hydrogen) atoms. The van der Waals surface area contributed by atoms with E-state index in [0.29, 0.717) is 17.1 Å². The van der Waals surface area contributed by atoms with Gasteiger partial charge in [0, 0.05) is 35.7 Å². The van der Waals surface area contributed by atoms with Gasteiger partial charge in [-0.25, -0.2) is 0 Å². The summed E-state index contributed by atoms with van der Waals surface area (Å²) < 4.78 is 0. The first kappa shape index (κ1) is 21.5. The van der Waals surface area contributed by atoms with E-state index in [1.807, 2.05) is 54.6 Å². The number of benzene rings is 3. The van der Waals surface area contributed by atoms with E-state index in [1.54, 1.807) is 36.4 Å². The Kier molecular flexibility index (Phi) is 6.56. The zero-order valence-electron chi connectivity index (χ0n) is 17.6. The summed E-state index contributed by atoms with van der Waals surface area (Å²) in [5.41, 5.74) is 1.76. The lowest BCUT2D eigenvalue weighted by atomic mass is 9.84. The second-order valence-electron chi connectivity index (χ2n) is 7.19. The van der Waals surface area contributed by atoms with E-state index >= 15 is 0 Å². The largest absolute Gasteiger partial charge is 0.361 e. The fourth-order valence-electron chi connectivity index (χ4n) is 3.21. The minimum atomic E-state index is -0.645. The molecule has 0 amide bonds. The Bertz CT molecular complexity index is 1080. The number of hydrogen-bond acceptors (Lipinski definition) is 6. The molecule has 3 N–H and O–H groups in total. The van der Waals surface area contributed by atoms with Crippen LogP contribution in [0.5, 0.6) is 0 Å². The Morgan fingerprint density at radius 1 is 0.394 bits per heavy atom. The zero-order chi connectivity index (χ0) is 23.0. The van der Waals surface area contributed by atoms with E-state index in [4.69, 9.17) is 0 Å². The topological polar surface area (TPSA) is 87.3 Å². The third-order valence-corrected chi connectivity index (χ3v) is 4.94. The highest BCUT2D eigenvalue weighted by Crippen LogP contribution is 2.25. The predicted molar refractivity (Wildman–Crippen MR) is 129 cm³/mol. The first-order valence-corrected chi connectivity index (χ1v) is 10.3. The summed E-state index contributed by atoms with van der Waals surface area (Å²) in [6.07, 6.45) is 4.04. The van der Waals surface area contributed by atoms with Gasteiger partial charge >= 0.3 is 0 Å². The first-order valence-electron chi connectivity index (χ1n) is 10.3. The standard InChI is InChI=1S/C27H21N3O3/c31-25-22(16-28-19-10-4-1-5-11-19)26(32)24(18-30-21-14-8-3-9-15-21)27(33)23(25)17-29-20-12-6-2-7-13-20/h1-18,28-30H. The zero-order valence-corrected chi connectivity index (χ0v) is 17.6. The third-order valence-electron chi connectivity index (χ3n) is 4.94. The number of nitrogens with one attached hydrogen (secondary N) is 3. The Morgan fingerprint density at radius 2 is 0.636 bits per heavy atom. The molecule has 1 aliphatic carbocycles. The van der Waals surface area contributed by atoms with Gasteiger partial charge in [0.05, 0.1) is 16.7 Å². The van der Waals surface area contributed by atoms with Crippen LogP contribution in [-0.2, 0) is 14.4 Å². The number of carbonyl (C=O) groups is 3. The summed E-state index contributed by atoms with van der Waals surface area (Å²) in [6, 6.07) is 27.4. The smallest absolute Gasteiger partial charge is 0.203 e. The number of ketones is 3. The molecule has 0 aromatic heterocycles. The van der Waals surface area contributed by atoms with E-state index in [0.717, 1.165) is 0 Å². The van der Waals surface area contributed by atoms with E-state index in [-0.39, 0.29) is 16.7 Å². The van der Waals surface area contributed by atoms with Crippen LogP contribution in [0.1, 0.15) is 0 Å². The highest BCUT2D eigenvalue weighted by Gasteiger charge is 2.38. The van der Waals surface area contributed by atoms with Gasteiger partial charge in [0.15, 0.2) is 0 Å². The molecule has 0 atom stereocenters. The minimum Gasteiger partial charge on any atom is -0.361 e. The molecular weight excluding hydrogens is 414 g/mol. The van der Waals surface area contributed by atoms with Gasteiger partial charge in [0.2, 0.25) is 17.3 Å².